The first kappa shape index (κ1) is 12.0. The van der Waals surface area contributed by atoms with Crippen LogP contribution in [0, 0.1) is 5.41 Å². The summed E-state index contributed by atoms with van der Waals surface area (Å²) in [5.74, 6) is 0. The molecule has 1 heterocycles. The SMILES string of the molecule is CCC1(C)CCC(C)(C)C(C)(CC)N1. The van der Waals surface area contributed by atoms with E-state index < -0.39 is 0 Å². The summed E-state index contributed by atoms with van der Waals surface area (Å²) < 4.78 is 0. The van der Waals surface area contributed by atoms with Crippen molar-refractivity contribution in [3.05, 3.63) is 0 Å². The highest BCUT2D eigenvalue weighted by Crippen LogP contribution is 2.45. The molecule has 84 valence electrons. The molecular formula is C13H27N. The van der Waals surface area contributed by atoms with Gasteiger partial charge >= 0.3 is 0 Å². The maximum absolute atomic E-state index is 3.90. The van der Waals surface area contributed by atoms with Gasteiger partial charge < -0.3 is 5.32 Å². The average molecular weight is 197 g/mol. The second kappa shape index (κ2) is 3.52. The van der Waals surface area contributed by atoms with E-state index >= 15 is 0 Å². The van der Waals surface area contributed by atoms with Gasteiger partial charge in [0, 0.05) is 11.1 Å². The summed E-state index contributed by atoms with van der Waals surface area (Å²) in [5, 5.41) is 3.90. The van der Waals surface area contributed by atoms with Crippen molar-refractivity contribution >= 4 is 0 Å². The fraction of sp³-hybridized carbons (Fsp3) is 1.00. The van der Waals surface area contributed by atoms with Gasteiger partial charge in [0.05, 0.1) is 0 Å². The van der Waals surface area contributed by atoms with Gasteiger partial charge in [0.1, 0.15) is 0 Å². The molecule has 1 heteroatoms. The summed E-state index contributed by atoms with van der Waals surface area (Å²) in [6.45, 7) is 14.2. The van der Waals surface area contributed by atoms with Crippen molar-refractivity contribution in [3.63, 3.8) is 0 Å². The van der Waals surface area contributed by atoms with Crippen LogP contribution in [0.5, 0.6) is 0 Å². The minimum Gasteiger partial charge on any atom is -0.306 e. The van der Waals surface area contributed by atoms with Crippen molar-refractivity contribution in [2.24, 2.45) is 5.41 Å². The lowest BCUT2D eigenvalue weighted by atomic mass is 9.62. The molecule has 0 aromatic carbocycles. The highest BCUT2D eigenvalue weighted by atomic mass is 15.1. The van der Waals surface area contributed by atoms with Crippen LogP contribution in [-0.2, 0) is 0 Å². The van der Waals surface area contributed by atoms with Gasteiger partial charge in [0.2, 0.25) is 0 Å². The Morgan fingerprint density at radius 1 is 0.929 bits per heavy atom. The van der Waals surface area contributed by atoms with Crippen LogP contribution in [0.1, 0.15) is 67.2 Å². The maximum atomic E-state index is 3.90. The summed E-state index contributed by atoms with van der Waals surface area (Å²) in [5.41, 5.74) is 1.09. The highest BCUT2D eigenvalue weighted by molar-refractivity contribution is 5.05. The van der Waals surface area contributed by atoms with E-state index in [1.54, 1.807) is 0 Å². The first-order valence-electron chi connectivity index (χ1n) is 6.08. The molecule has 2 atom stereocenters. The molecule has 0 aromatic heterocycles. The van der Waals surface area contributed by atoms with Crippen molar-refractivity contribution in [2.45, 2.75) is 78.3 Å². The molecule has 1 saturated heterocycles. The van der Waals surface area contributed by atoms with Crippen LogP contribution in [0.4, 0.5) is 0 Å². The molecule has 1 rings (SSSR count). The standard InChI is InChI=1S/C13H27N/c1-7-12(5)10-9-11(3,4)13(6,8-2)14-12/h14H,7-10H2,1-6H3. The molecule has 1 fully saturated rings. The molecule has 0 aromatic rings. The third-order valence-corrected chi connectivity index (χ3v) is 4.86. The Morgan fingerprint density at radius 3 is 1.93 bits per heavy atom. The van der Waals surface area contributed by atoms with Crippen molar-refractivity contribution in [2.75, 3.05) is 0 Å². The summed E-state index contributed by atoms with van der Waals surface area (Å²) in [4.78, 5) is 0. The van der Waals surface area contributed by atoms with E-state index in [4.69, 9.17) is 0 Å². The van der Waals surface area contributed by atoms with E-state index in [0.717, 1.165) is 0 Å². The van der Waals surface area contributed by atoms with E-state index in [-0.39, 0.29) is 0 Å². The van der Waals surface area contributed by atoms with Gasteiger partial charge in [0.15, 0.2) is 0 Å². The lowest BCUT2D eigenvalue weighted by Gasteiger charge is -2.55. The van der Waals surface area contributed by atoms with Gasteiger partial charge in [-0.3, -0.25) is 0 Å². The average Bonchev–Trinajstić information content (AvgIpc) is 2.13. The second-order valence-corrected chi connectivity index (χ2v) is 6.11. The molecule has 1 N–H and O–H groups in total. The Morgan fingerprint density at radius 2 is 1.50 bits per heavy atom. The van der Waals surface area contributed by atoms with Crippen LogP contribution in [-0.4, -0.2) is 11.1 Å². The fourth-order valence-corrected chi connectivity index (χ4v) is 2.59. The number of piperidine rings is 1. The van der Waals surface area contributed by atoms with Gasteiger partial charge in [-0.25, -0.2) is 0 Å². The van der Waals surface area contributed by atoms with Crippen molar-refractivity contribution in [1.82, 2.24) is 5.32 Å². The second-order valence-electron chi connectivity index (χ2n) is 6.11. The first-order chi connectivity index (χ1) is 6.29. The third kappa shape index (κ3) is 1.84. The molecule has 0 spiro atoms. The molecule has 1 aliphatic rings. The van der Waals surface area contributed by atoms with Crippen LogP contribution in [0.2, 0.25) is 0 Å². The molecule has 0 bridgehead atoms. The zero-order valence-corrected chi connectivity index (χ0v) is 10.8. The monoisotopic (exact) mass is 197 g/mol. The lowest BCUT2D eigenvalue weighted by Crippen LogP contribution is -2.65. The van der Waals surface area contributed by atoms with Gasteiger partial charge in [-0.2, -0.15) is 0 Å². The van der Waals surface area contributed by atoms with Gasteiger partial charge in [-0.15, -0.1) is 0 Å². The highest BCUT2D eigenvalue weighted by Gasteiger charge is 2.47. The van der Waals surface area contributed by atoms with Crippen LogP contribution >= 0.6 is 0 Å². The van der Waals surface area contributed by atoms with E-state index in [1.807, 2.05) is 0 Å². The Labute approximate surface area is 89.7 Å². The molecule has 1 nitrogen and oxygen atoms in total. The fourth-order valence-electron chi connectivity index (χ4n) is 2.59. The quantitative estimate of drug-likeness (QED) is 0.711. The number of nitrogens with one attached hydrogen (secondary N) is 1. The normalized spacial score (nSPS) is 42.4. The van der Waals surface area contributed by atoms with Crippen LogP contribution in [0.25, 0.3) is 0 Å². The summed E-state index contributed by atoms with van der Waals surface area (Å²) >= 11 is 0. The predicted molar refractivity (Wildman–Crippen MR) is 63.5 cm³/mol. The molecule has 0 aliphatic carbocycles. The van der Waals surface area contributed by atoms with Crippen molar-refractivity contribution in [1.29, 1.82) is 0 Å². The minimum absolute atomic E-state index is 0.302. The molecule has 0 amide bonds. The Bertz CT molecular complexity index is 209. The number of hydrogen-bond acceptors (Lipinski definition) is 1. The van der Waals surface area contributed by atoms with Crippen molar-refractivity contribution < 1.29 is 0 Å². The van der Waals surface area contributed by atoms with Crippen LogP contribution in [0.3, 0.4) is 0 Å². The molecule has 0 saturated carbocycles. The predicted octanol–water partition coefficient (Wildman–Crippen LogP) is 3.73. The number of hydrogen-bond donors (Lipinski definition) is 1. The minimum atomic E-state index is 0.302. The van der Waals surface area contributed by atoms with E-state index in [9.17, 15) is 0 Å². The molecular weight excluding hydrogens is 170 g/mol. The Hall–Kier alpha value is -0.0400. The lowest BCUT2D eigenvalue weighted by molar-refractivity contribution is 0.0213. The molecule has 0 radical (unpaired) electrons. The van der Waals surface area contributed by atoms with Crippen LogP contribution in [0.15, 0.2) is 0 Å². The zero-order chi connectivity index (χ0) is 11.0. The largest absolute Gasteiger partial charge is 0.306 e. The smallest absolute Gasteiger partial charge is 0.0206 e. The first-order valence-corrected chi connectivity index (χ1v) is 6.08. The molecule has 2 unspecified atom stereocenters. The van der Waals surface area contributed by atoms with Gasteiger partial charge in [-0.05, 0) is 44.9 Å². The van der Waals surface area contributed by atoms with Crippen LogP contribution < -0.4 is 5.32 Å². The summed E-state index contributed by atoms with van der Waals surface area (Å²) in [6.07, 6.45) is 5.11. The van der Waals surface area contributed by atoms with E-state index in [1.165, 1.54) is 25.7 Å². The topological polar surface area (TPSA) is 12.0 Å². The van der Waals surface area contributed by atoms with E-state index in [0.29, 0.717) is 16.5 Å². The Balaban J connectivity index is 2.89. The maximum Gasteiger partial charge on any atom is 0.0206 e. The zero-order valence-electron chi connectivity index (χ0n) is 10.8. The Kier molecular flexibility index (Phi) is 3.02. The molecule has 1 aliphatic heterocycles. The number of rotatable bonds is 2. The van der Waals surface area contributed by atoms with Gasteiger partial charge in [0.25, 0.3) is 0 Å². The third-order valence-electron chi connectivity index (χ3n) is 4.86. The summed E-state index contributed by atoms with van der Waals surface area (Å²) in [6, 6.07) is 0. The van der Waals surface area contributed by atoms with E-state index in [2.05, 4.69) is 46.9 Å². The van der Waals surface area contributed by atoms with Crippen molar-refractivity contribution in [3.8, 4) is 0 Å². The van der Waals surface area contributed by atoms with Gasteiger partial charge in [-0.1, -0.05) is 27.7 Å². The molecule has 14 heavy (non-hydrogen) atoms. The summed E-state index contributed by atoms with van der Waals surface area (Å²) in [7, 11) is 0.